The molecule has 0 atom stereocenters. The number of anilines is 1. The Kier molecular flexibility index (Phi) is 5.01. The van der Waals surface area contributed by atoms with Crippen LogP contribution in [0.25, 0.3) is 0 Å². The van der Waals surface area contributed by atoms with Crippen molar-refractivity contribution in [3.63, 3.8) is 0 Å². The van der Waals surface area contributed by atoms with Gasteiger partial charge in [0.05, 0.1) is 5.56 Å². The topological polar surface area (TPSA) is 47.0 Å². The molecular weight excluding hydrogens is 274 g/mol. The molecule has 1 aliphatic rings. The molecule has 4 nitrogen and oxygen atoms in total. The van der Waals surface area contributed by atoms with Crippen LogP contribution in [-0.2, 0) is 4.74 Å². The second-order valence-corrected chi connectivity index (χ2v) is 5.35. The number of nitrogens with zero attached hydrogens (tertiary/aromatic N) is 2. The molecule has 1 saturated heterocycles. The van der Waals surface area contributed by atoms with E-state index in [1.54, 1.807) is 12.4 Å². The Balaban J connectivity index is 1.55. The lowest BCUT2D eigenvalue weighted by molar-refractivity contribution is 0.0699. The van der Waals surface area contributed by atoms with Crippen LogP contribution >= 0.6 is 0 Å². The van der Waals surface area contributed by atoms with Gasteiger partial charge in [-0.05, 0) is 30.9 Å². The minimum atomic E-state index is 0.648. The van der Waals surface area contributed by atoms with E-state index in [1.807, 2.05) is 30.3 Å². The van der Waals surface area contributed by atoms with Gasteiger partial charge in [-0.3, -0.25) is 0 Å². The molecular formula is C18H19N3O. The summed E-state index contributed by atoms with van der Waals surface area (Å²) < 4.78 is 5.36. The van der Waals surface area contributed by atoms with E-state index in [0.717, 1.165) is 43.7 Å². The number of nitrogens with one attached hydrogen (secondary N) is 1. The van der Waals surface area contributed by atoms with Gasteiger partial charge >= 0.3 is 0 Å². The number of hydrogen-bond acceptors (Lipinski definition) is 4. The van der Waals surface area contributed by atoms with Gasteiger partial charge in [-0.1, -0.05) is 30.0 Å². The Bertz CT molecular complexity index is 638. The highest BCUT2D eigenvalue weighted by atomic mass is 16.5. The number of aromatic nitrogens is 2. The van der Waals surface area contributed by atoms with Gasteiger partial charge < -0.3 is 10.1 Å². The third-order valence-corrected chi connectivity index (χ3v) is 3.67. The molecule has 22 heavy (non-hydrogen) atoms. The summed E-state index contributed by atoms with van der Waals surface area (Å²) in [7, 11) is 0. The number of benzene rings is 1. The fraction of sp³-hybridized carbons (Fsp3) is 0.333. The summed E-state index contributed by atoms with van der Waals surface area (Å²) in [5.41, 5.74) is 1.81. The van der Waals surface area contributed by atoms with Crippen molar-refractivity contribution in [3.8, 4) is 11.8 Å². The first-order valence-corrected chi connectivity index (χ1v) is 7.61. The van der Waals surface area contributed by atoms with Crippen LogP contribution in [0.15, 0.2) is 42.7 Å². The van der Waals surface area contributed by atoms with Crippen molar-refractivity contribution in [3.05, 3.63) is 53.9 Å². The maximum atomic E-state index is 5.36. The molecule has 0 spiro atoms. The highest BCUT2D eigenvalue weighted by Gasteiger charge is 2.13. The maximum Gasteiger partial charge on any atom is 0.222 e. The first kappa shape index (κ1) is 14.6. The largest absolute Gasteiger partial charge is 0.381 e. The Hall–Kier alpha value is -2.38. The van der Waals surface area contributed by atoms with Gasteiger partial charge in [0.15, 0.2) is 0 Å². The normalized spacial score (nSPS) is 14.9. The molecule has 1 aliphatic heterocycles. The van der Waals surface area contributed by atoms with Crippen molar-refractivity contribution in [1.82, 2.24) is 9.97 Å². The minimum Gasteiger partial charge on any atom is -0.381 e. The summed E-state index contributed by atoms with van der Waals surface area (Å²) in [6.45, 7) is 2.63. The van der Waals surface area contributed by atoms with E-state index in [0.29, 0.717) is 11.9 Å². The van der Waals surface area contributed by atoms with Crippen LogP contribution in [0.3, 0.4) is 0 Å². The number of hydrogen-bond donors (Lipinski definition) is 1. The first-order valence-electron chi connectivity index (χ1n) is 7.61. The lowest BCUT2D eigenvalue weighted by Crippen LogP contribution is -2.23. The minimum absolute atomic E-state index is 0.648. The molecule has 1 aromatic carbocycles. The predicted octanol–water partition coefficient (Wildman–Crippen LogP) is 2.71. The zero-order chi connectivity index (χ0) is 15.0. The van der Waals surface area contributed by atoms with E-state index in [2.05, 4.69) is 27.1 Å². The summed E-state index contributed by atoms with van der Waals surface area (Å²) in [6.07, 6.45) is 5.73. The van der Waals surface area contributed by atoms with Gasteiger partial charge in [0.2, 0.25) is 5.95 Å². The molecule has 0 unspecified atom stereocenters. The zero-order valence-electron chi connectivity index (χ0n) is 12.5. The van der Waals surface area contributed by atoms with Crippen LogP contribution in [-0.4, -0.2) is 29.7 Å². The molecule has 2 heterocycles. The van der Waals surface area contributed by atoms with Crippen LogP contribution in [0, 0.1) is 17.8 Å². The average Bonchev–Trinajstić information content (AvgIpc) is 2.61. The van der Waals surface area contributed by atoms with Crippen molar-refractivity contribution in [2.24, 2.45) is 5.92 Å². The quantitative estimate of drug-likeness (QED) is 0.884. The summed E-state index contributed by atoms with van der Waals surface area (Å²) in [4.78, 5) is 8.64. The second-order valence-electron chi connectivity index (χ2n) is 5.35. The highest BCUT2D eigenvalue weighted by molar-refractivity contribution is 5.41. The number of rotatable bonds is 3. The average molecular weight is 293 g/mol. The van der Waals surface area contributed by atoms with E-state index in [4.69, 9.17) is 4.74 Å². The number of ether oxygens (including phenoxy) is 1. The van der Waals surface area contributed by atoms with Gasteiger partial charge in [0.1, 0.15) is 0 Å². The summed E-state index contributed by atoms with van der Waals surface area (Å²) >= 11 is 0. The molecule has 0 saturated carbocycles. The third kappa shape index (κ3) is 4.31. The van der Waals surface area contributed by atoms with Gasteiger partial charge in [0.25, 0.3) is 0 Å². The van der Waals surface area contributed by atoms with Crippen LogP contribution in [0.1, 0.15) is 24.0 Å². The summed E-state index contributed by atoms with van der Waals surface area (Å²) in [5.74, 6) is 7.49. The molecule has 1 N–H and O–H groups in total. The molecule has 0 aliphatic carbocycles. The van der Waals surface area contributed by atoms with Gasteiger partial charge in [-0.2, -0.15) is 0 Å². The summed E-state index contributed by atoms with van der Waals surface area (Å²) in [5, 5.41) is 3.29. The monoisotopic (exact) mass is 293 g/mol. The van der Waals surface area contributed by atoms with Crippen LogP contribution < -0.4 is 5.32 Å². The molecule has 0 radical (unpaired) electrons. The van der Waals surface area contributed by atoms with Crippen LogP contribution in [0.4, 0.5) is 5.95 Å². The van der Waals surface area contributed by atoms with Gasteiger partial charge in [-0.25, -0.2) is 9.97 Å². The van der Waals surface area contributed by atoms with Crippen LogP contribution in [0.5, 0.6) is 0 Å². The molecule has 112 valence electrons. The Morgan fingerprint density at radius 1 is 1.00 bits per heavy atom. The molecule has 0 bridgehead atoms. The molecule has 2 aromatic rings. The lowest BCUT2D eigenvalue weighted by atomic mass is 10.0. The fourth-order valence-electron chi connectivity index (χ4n) is 2.34. The fourth-order valence-corrected chi connectivity index (χ4v) is 2.34. The third-order valence-electron chi connectivity index (χ3n) is 3.67. The van der Waals surface area contributed by atoms with Crippen molar-refractivity contribution in [2.75, 3.05) is 25.1 Å². The van der Waals surface area contributed by atoms with Gasteiger partial charge in [-0.15, -0.1) is 0 Å². The van der Waals surface area contributed by atoms with Crippen LogP contribution in [0.2, 0.25) is 0 Å². The highest BCUT2D eigenvalue weighted by Crippen LogP contribution is 2.14. The maximum absolute atomic E-state index is 5.36. The zero-order valence-corrected chi connectivity index (χ0v) is 12.5. The molecule has 1 aromatic heterocycles. The van der Waals surface area contributed by atoms with Crippen molar-refractivity contribution in [2.45, 2.75) is 12.8 Å². The van der Waals surface area contributed by atoms with Crippen molar-refractivity contribution >= 4 is 5.95 Å². The first-order chi connectivity index (χ1) is 10.9. The van der Waals surface area contributed by atoms with E-state index in [9.17, 15) is 0 Å². The predicted molar refractivity (Wildman–Crippen MR) is 86.5 cm³/mol. The van der Waals surface area contributed by atoms with Crippen molar-refractivity contribution < 1.29 is 4.74 Å². The van der Waals surface area contributed by atoms with E-state index in [1.165, 1.54) is 0 Å². The Morgan fingerprint density at radius 3 is 2.41 bits per heavy atom. The second kappa shape index (κ2) is 7.58. The van der Waals surface area contributed by atoms with E-state index >= 15 is 0 Å². The smallest absolute Gasteiger partial charge is 0.222 e. The molecule has 3 rings (SSSR count). The Morgan fingerprint density at radius 2 is 1.68 bits per heavy atom. The standard InChI is InChI=1S/C18H19N3O/c1-2-4-15(5-3-1)6-7-17-13-20-18(21-14-17)19-12-16-8-10-22-11-9-16/h1-5,13-14,16H,8-12H2,(H,19,20,21). The Labute approximate surface area is 131 Å². The van der Waals surface area contributed by atoms with E-state index in [-0.39, 0.29) is 0 Å². The van der Waals surface area contributed by atoms with E-state index < -0.39 is 0 Å². The lowest BCUT2D eigenvalue weighted by Gasteiger charge is -2.21. The molecule has 0 amide bonds. The van der Waals surface area contributed by atoms with Crippen molar-refractivity contribution in [1.29, 1.82) is 0 Å². The molecule has 1 fully saturated rings. The molecule has 4 heteroatoms. The SMILES string of the molecule is C(#Cc1cnc(NCC2CCOCC2)nc1)c1ccccc1. The van der Waals surface area contributed by atoms with Gasteiger partial charge in [0, 0.05) is 37.7 Å². The summed E-state index contributed by atoms with van der Waals surface area (Å²) in [6, 6.07) is 9.90.